The van der Waals surface area contributed by atoms with Crippen LogP contribution in [0.25, 0.3) is 0 Å². The number of ether oxygens (including phenoxy) is 1. The molecule has 2 fully saturated rings. The van der Waals surface area contributed by atoms with Gasteiger partial charge in [-0.1, -0.05) is 0 Å². The van der Waals surface area contributed by atoms with Crippen molar-refractivity contribution in [2.24, 2.45) is 0 Å². The number of carbonyl (C=O) groups excluding carboxylic acids is 1. The van der Waals surface area contributed by atoms with Crippen LogP contribution in [0.15, 0.2) is 6.07 Å². The summed E-state index contributed by atoms with van der Waals surface area (Å²) in [6.07, 6.45) is 1.58. The van der Waals surface area contributed by atoms with Gasteiger partial charge in [-0.2, -0.15) is 5.10 Å². The molecule has 1 aliphatic heterocycles. The van der Waals surface area contributed by atoms with Crippen LogP contribution in [0.3, 0.4) is 0 Å². The van der Waals surface area contributed by atoms with Gasteiger partial charge in [0.1, 0.15) is 9.30 Å². The maximum Gasteiger partial charge on any atom is 0.410 e. The van der Waals surface area contributed by atoms with Gasteiger partial charge in [0.25, 0.3) is 0 Å². The number of rotatable bonds is 2. The third-order valence-electron chi connectivity index (χ3n) is 5.02. The van der Waals surface area contributed by atoms with Gasteiger partial charge in [-0.25, -0.2) is 13.6 Å². The first-order valence-corrected chi connectivity index (χ1v) is 10.2. The molecule has 1 saturated carbocycles. The molecule has 1 aromatic heterocycles. The number of alkyl halides is 2. The van der Waals surface area contributed by atoms with E-state index in [0.29, 0.717) is 19.5 Å². The van der Waals surface area contributed by atoms with Crippen LogP contribution in [0.1, 0.15) is 70.5 Å². The first kappa shape index (κ1) is 19.8. The fourth-order valence-electron chi connectivity index (χ4n) is 3.79. The molecule has 1 amide bonds. The number of hydrogen-bond acceptors (Lipinski definition) is 3. The second-order valence-electron chi connectivity index (χ2n) is 8.33. The van der Waals surface area contributed by atoms with E-state index in [4.69, 9.17) is 4.74 Å². The zero-order chi connectivity index (χ0) is 19.1. The third kappa shape index (κ3) is 4.67. The van der Waals surface area contributed by atoms with Crippen LogP contribution in [-0.4, -0.2) is 45.4 Å². The van der Waals surface area contributed by atoms with Crippen molar-refractivity contribution in [3.8, 4) is 0 Å². The Bertz CT molecular complexity index is 664. The monoisotopic (exact) mass is 481 g/mol. The Morgan fingerprint density at radius 2 is 1.96 bits per heavy atom. The molecule has 0 spiro atoms. The quantitative estimate of drug-likeness (QED) is 0.561. The van der Waals surface area contributed by atoms with Crippen molar-refractivity contribution < 1.29 is 18.3 Å². The van der Waals surface area contributed by atoms with Gasteiger partial charge in [-0.15, -0.1) is 0 Å². The van der Waals surface area contributed by atoms with E-state index in [9.17, 15) is 13.6 Å². The number of carbonyl (C=O) groups is 1. The molecule has 3 rings (SSSR count). The Hall–Kier alpha value is -0.930. The number of amides is 1. The number of likely N-dealkylation sites (tertiary alicyclic amines) is 1. The van der Waals surface area contributed by atoms with E-state index in [1.54, 1.807) is 4.90 Å². The van der Waals surface area contributed by atoms with Crippen LogP contribution < -0.4 is 0 Å². The third-order valence-corrected chi connectivity index (χ3v) is 5.55. The summed E-state index contributed by atoms with van der Waals surface area (Å²) >= 11 is 2.14. The van der Waals surface area contributed by atoms with Crippen LogP contribution >= 0.6 is 22.6 Å². The highest BCUT2D eigenvalue weighted by atomic mass is 127. The van der Waals surface area contributed by atoms with E-state index < -0.39 is 11.5 Å². The molecule has 0 N–H and O–H groups in total. The maximum absolute atomic E-state index is 13.6. The summed E-state index contributed by atoms with van der Waals surface area (Å²) in [6.45, 7) is 6.80. The van der Waals surface area contributed by atoms with Crippen molar-refractivity contribution in [1.82, 2.24) is 14.7 Å². The molecule has 2 aliphatic rings. The van der Waals surface area contributed by atoms with Gasteiger partial charge in [-0.3, -0.25) is 4.68 Å². The average molecular weight is 481 g/mol. The Morgan fingerprint density at radius 3 is 2.50 bits per heavy atom. The molecule has 146 valence electrons. The molecule has 26 heavy (non-hydrogen) atoms. The zero-order valence-corrected chi connectivity index (χ0v) is 17.6. The van der Waals surface area contributed by atoms with Crippen molar-refractivity contribution in [1.29, 1.82) is 0 Å². The molecule has 1 aliphatic carbocycles. The van der Waals surface area contributed by atoms with Gasteiger partial charge in [0.15, 0.2) is 0 Å². The summed E-state index contributed by atoms with van der Waals surface area (Å²) in [7, 11) is 0. The molecule has 8 heteroatoms. The van der Waals surface area contributed by atoms with E-state index in [0.717, 1.165) is 22.2 Å². The first-order chi connectivity index (χ1) is 12.0. The summed E-state index contributed by atoms with van der Waals surface area (Å²) in [5, 5.41) is 4.50. The molecule has 1 unspecified atom stereocenters. The predicted molar refractivity (Wildman–Crippen MR) is 103 cm³/mol. The fraction of sp³-hybridized carbons (Fsp3) is 0.778. The van der Waals surface area contributed by atoms with Crippen molar-refractivity contribution in [3.05, 3.63) is 15.5 Å². The van der Waals surface area contributed by atoms with Gasteiger partial charge < -0.3 is 9.64 Å². The predicted octanol–water partition coefficient (Wildman–Crippen LogP) is 4.96. The van der Waals surface area contributed by atoms with Gasteiger partial charge >= 0.3 is 6.09 Å². The summed E-state index contributed by atoms with van der Waals surface area (Å²) < 4.78 is 35.4. The van der Waals surface area contributed by atoms with Gasteiger partial charge in [0.2, 0.25) is 5.92 Å². The topological polar surface area (TPSA) is 47.4 Å². The van der Waals surface area contributed by atoms with E-state index in [1.807, 2.05) is 31.5 Å². The van der Waals surface area contributed by atoms with Gasteiger partial charge in [-0.05, 0) is 68.7 Å². The van der Waals surface area contributed by atoms with Crippen molar-refractivity contribution >= 4 is 28.7 Å². The summed E-state index contributed by atoms with van der Waals surface area (Å²) in [5.41, 5.74) is 0.525. The Balaban J connectivity index is 1.66. The molecule has 5 nitrogen and oxygen atoms in total. The van der Waals surface area contributed by atoms with E-state index in [1.165, 1.54) is 0 Å². The number of piperidine rings is 1. The molecular weight excluding hydrogens is 455 g/mol. The number of nitrogens with zero attached hydrogens (tertiary/aromatic N) is 3. The largest absolute Gasteiger partial charge is 0.444 e. The van der Waals surface area contributed by atoms with Crippen LogP contribution in [0.5, 0.6) is 0 Å². The molecule has 2 heterocycles. The fourth-order valence-corrected chi connectivity index (χ4v) is 4.35. The average Bonchev–Trinajstić information content (AvgIpc) is 3.08. The minimum absolute atomic E-state index is 0.0648. The number of hydrogen-bond donors (Lipinski definition) is 0. The Labute approximate surface area is 166 Å². The van der Waals surface area contributed by atoms with Crippen LogP contribution in [-0.2, 0) is 4.74 Å². The first-order valence-electron chi connectivity index (χ1n) is 9.15. The summed E-state index contributed by atoms with van der Waals surface area (Å²) in [4.78, 5) is 13.9. The minimum Gasteiger partial charge on any atom is -0.444 e. The van der Waals surface area contributed by atoms with Crippen molar-refractivity contribution in [2.45, 2.75) is 76.4 Å². The number of aromatic nitrogens is 2. The number of halogens is 3. The van der Waals surface area contributed by atoms with E-state index in [-0.39, 0.29) is 30.9 Å². The lowest BCUT2D eigenvalue weighted by molar-refractivity contribution is 0.00476. The normalized spacial score (nSPS) is 24.1. The Kier molecular flexibility index (Phi) is 5.52. The van der Waals surface area contributed by atoms with Crippen molar-refractivity contribution in [2.75, 3.05) is 13.1 Å². The Morgan fingerprint density at radius 1 is 1.31 bits per heavy atom. The van der Waals surface area contributed by atoms with Gasteiger partial charge in [0.05, 0.1) is 6.04 Å². The lowest BCUT2D eigenvalue weighted by atomic mass is 9.93. The van der Waals surface area contributed by atoms with Crippen LogP contribution in [0, 0.1) is 3.70 Å². The zero-order valence-electron chi connectivity index (χ0n) is 15.5. The minimum atomic E-state index is -2.58. The maximum atomic E-state index is 13.6. The van der Waals surface area contributed by atoms with Crippen LogP contribution in [0.4, 0.5) is 13.6 Å². The van der Waals surface area contributed by atoms with Gasteiger partial charge in [0, 0.05) is 37.5 Å². The highest BCUT2D eigenvalue weighted by molar-refractivity contribution is 14.1. The molecule has 0 radical (unpaired) electrons. The van der Waals surface area contributed by atoms with E-state index in [2.05, 4.69) is 27.7 Å². The molecule has 1 aromatic rings. The highest BCUT2D eigenvalue weighted by Gasteiger charge is 2.42. The lowest BCUT2D eigenvalue weighted by Crippen LogP contribution is -2.41. The smallest absolute Gasteiger partial charge is 0.410 e. The molecule has 0 aromatic carbocycles. The molecule has 0 bridgehead atoms. The molecular formula is C18H26F2IN3O2. The summed E-state index contributed by atoms with van der Waals surface area (Å²) in [5.74, 6) is -2.35. The highest BCUT2D eigenvalue weighted by Crippen LogP contribution is 2.43. The summed E-state index contributed by atoms with van der Waals surface area (Å²) in [6, 6.07) is 1.78. The second-order valence-corrected chi connectivity index (χ2v) is 9.44. The van der Waals surface area contributed by atoms with E-state index >= 15 is 0 Å². The second kappa shape index (κ2) is 7.24. The lowest BCUT2D eigenvalue weighted by Gasteiger charge is -2.34. The molecule has 1 saturated heterocycles. The van der Waals surface area contributed by atoms with Crippen molar-refractivity contribution in [3.63, 3.8) is 0 Å². The SMILES string of the molecule is CC(C)(C)OC(=O)N1CCC(c2cc(I)nn2C2CCC(F)(F)C2)CC1. The standard InChI is InChI=1S/C18H26F2IN3O2/c1-17(2,3)26-16(25)23-8-5-12(6-9-23)14-10-15(21)22-24(14)13-4-7-18(19,20)11-13/h10,12-13H,4-9,11H2,1-3H3. The van der Waals surface area contributed by atoms with Crippen LogP contribution in [0.2, 0.25) is 0 Å². The molecule has 1 atom stereocenters.